The summed E-state index contributed by atoms with van der Waals surface area (Å²) in [4.78, 5) is 12.4. The third-order valence-corrected chi connectivity index (χ3v) is 3.33. The van der Waals surface area contributed by atoms with Gasteiger partial charge in [-0.05, 0) is 17.7 Å². The minimum absolute atomic E-state index is 0.0330. The van der Waals surface area contributed by atoms with Crippen LogP contribution in [0.2, 0.25) is 0 Å². The molecule has 2 rings (SSSR count). The Balaban J connectivity index is 2.11. The number of carbonyl (C=O) groups excluding carboxylic acids is 1. The van der Waals surface area contributed by atoms with Gasteiger partial charge in [0.2, 0.25) is 0 Å². The summed E-state index contributed by atoms with van der Waals surface area (Å²) in [5.74, 6) is 0.304. The first-order valence-electron chi connectivity index (χ1n) is 6.66. The highest BCUT2D eigenvalue weighted by Gasteiger charge is 2.31. The number of carbonyl (C=O) groups is 1. The summed E-state index contributed by atoms with van der Waals surface area (Å²) in [5, 5.41) is 0. The molecule has 0 aromatic heterocycles. The number of ether oxygens (including phenoxy) is 1. The van der Waals surface area contributed by atoms with Crippen molar-refractivity contribution in [1.82, 2.24) is 0 Å². The second kappa shape index (κ2) is 7.87. The first kappa shape index (κ1) is 17.1. The third-order valence-electron chi connectivity index (χ3n) is 2.86. The normalized spacial score (nSPS) is 12.7. The van der Waals surface area contributed by atoms with Crippen LogP contribution in [0, 0.1) is 6.42 Å². The van der Waals surface area contributed by atoms with E-state index < -0.39 is 9.90 Å². The number of benzene rings is 2. The van der Waals surface area contributed by atoms with E-state index in [1.807, 2.05) is 48.5 Å². The number of ketones is 1. The predicted octanol–water partition coefficient (Wildman–Crippen LogP) is 5.02. The van der Waals surface area contributed by atoms with E-state index in [0.717, 1.165) is 5.56 Å². The maximum absolute atomic E-state index is 12.4. The van der Waals surface area contributed by atoms with Crippen LogP contribution in [0.15, 0.2) is 60.7 Å². The average molecular weight is 357 g/mol. The van der Waals surface area contributed by atoms with Gasteiger partial charge in [-0.25, -0.2) is 0 Å². The van der Waals surface area contributed by atoms with E-state index in [-0.39, 0.29) is 12.2 Å². The monoisotopic (exact) mass is 355 g/mol. The number of halogens is 3. The van der Waals surface area contributed by atoms with Crippen molar-refractivity contribution in [2.45, 2.75) is 16.3 Å². The SMILES string of the molecule is O=C([CH]c1ccccc1)C(CC(Cl)(Cl)Cl)Oc1ccccc1. The molecule has 5 heteroatoms. The lowest BCUT2D eigenvalue weighted by Gasteiger charge is -2.21. The van der Waals surface area contributed by atoms with Gasteiger partial charge in [0.05, 0.1) is 6.42 Å². The summed E-state index contributed by atoms with van der Waals surface area (Å²) >= 11 is 17.5. The second-order valence-corrected chi connectivity index (χ2v) is 7.21. The Morgan fingerprint density at radius 3 is 2.09 bits per heavy atom. The van der Waals surface area contributed by atoms with Gasteiger partial charge < -0.3 is 4.74 Å². The summed E-state index contributed by atoms with van der Waals surface area (Å²) in [5.41, 5.74) is 0.776. The largest absolute Gasteiger partial charge is 0.482 e. The highest BCUT2D eigenvalue weighted by Crippen LogP contribution is 2.33. The fraction of sp³-hybridized carbons (Fsp3) is 0.176. The van der Waals surface area contributed by atoms with Gasteiger partial charge in [0.15, 0.2) is 15.7 Å². The van der Waals surface area contributed by atoms with E-state index >= 15 is 0 Å². The molecule has 0 amide bonds. The standard InChI is InChI=1S/C17H14Cl3O2/c18-17(19,20)12-16(22-14-9-5-2-6-10-14)15(21)11-13-7-3-1-4-8-13/h1-11,16H,12H2. The van der Waals surface area contributed by atoms with E-state index in [0.29, 0.717) is 5.75 Å². The Hall–Kier alpha value is -1.22. The fourth-order valence-electron chi connectivity index (χ4n) is 1.88. The minimum Gasteiger partial charge on any atom is -0.482 e. The summed E-state index contributed by atoms with van der Waals surface area (Å²) in [6, 6.07) is 18.2. The van der Waals surface area contributed by atoms with Gasteiger partial charge in [0.25, 0.3) is 0 Å². The van der Waals surface area contributed by atoms with E-state index in [4.69, 9.17) is 39.5 Å². The van der Waals surface area contributed by atoms with Gasteiger partial charge in [0, 0.05) is 6.42 Å². The smallest absolute Gasteiger partial charge is 0.194 e. The van der Waals surface area contributed by atoms with E-state index in [9.17, 15) is 4.79 Å². The number of rotatable bonds is 6. The molecule has 0 aliphatic rings. The van der Waals surface area contributed by atoms with Crippen LogP contribution >= 0.6 is 34.8 Å². The van der Waals surface area contributed by atoms with Crippen molar-refractivity contribution < 1.29 is 9.53 Å². The molecule has 1 unspecified atom stereocenters. The number of Topliss-reactive ketones (excluding diaryl/α,β-unsaturated/α-hetero) is 1. The van der Waals surface area contributed by atoms with Gasteiger partial charge in [-0.3, -0.25) is 4.79 Å². The van der Waals surface area contributed by atoms with Crippen molar-refractivity contribution in [3.63, 3.8) is 0 Å². The number of alkyl halides is 3. The predicted molar refractivity (Wildman–Crippen MR) is 90.6 cm³/mol. The van der Waals surface area contributed by atoms with Crippen molar-refractivity contribution in [1.29, 1.82) is 0 Å². The molecule has 1 radical (unpaired) electrons. The highest BCUT2D eigenvalue weighted by atomic mass is 35.6. The van der Waals surface area contributed by atoms with Gasteiger partial charge in [-0.2, -0.15) is 0 Å². The molecule has 0 heterocycles. The van der Waals surface area contributed by atoms with Gasteiger partial charge in [-0.15, -0.1) is 0 Å². The van der Waals surface area contributed by atoms with Crippen LogP contribution in [0.25, 0.3) is 0 Å². The van der Waals surface area contributed by atoms with Crippen molar-refractivity contribution in [3.8, 4) is 5.75 Å². The maximum atomic E-state index is 12.4. The number of hydrogen-bond donors (Lipinski definition) is 0. The Labute approximate surface area is 144 Å². The van der Waals surface area contributed by atoms with Crippen molar-refractivity contribution in [2.75, 3.05) is 0 Å². The van der Waals surface area contributed by atoms with Crippen LogP contribution < -0.4 is 4.74 Å². The summed E-state index contributed by atoms with van der Waals surface area (Å²) in [7, 11) is 0. The Morgan fingerprint density at radius 1 is 1.00 bits per heavy atom. The zero-order chi connectivity index (χ0) is 16.0. The topological polar surface area (TPSA) is 26.3 Å². The van der Waals surface area contributed by atoms with Crippen molar-refractivity contribution in [3.05, 3.63) is 72.6 Å². The molecule has 0 spiro atoms. The van der Waals surface area contributed by atoms with Crippen LogP contribution in [-0.2, 0) is 4.79 Å². The van der Waals surface area contributed by atoms with Crippen LogP contribution in [0.5, 0.6) is 5.75 Å². The molecule has 0 N–H and O–H groups in total. The molecule has 2 nitrogen and oxygen atoms in total. The molecule has 0 saturated carbocycles. The molecule has 0 saturated heterocycles. The lowest BCUT2D eigenvalue weighted by Crippen LogP contribution is -2.32. The summed E-state index contributed by atoms with van der Waals surface area (Å²) < 4.78 is 4.12. The first-order valence-corrected chi connectivity index (χ1v) is 7.79. The summed E-state index contributed by atoms with van der Waals surface area (Å²) in [6.45, 7) is 0. The highest BCUT2D eigenvalue weighted by molar-refractivity contribution is 6.67. The Morgan fingerprint density at radius 2 is 1.55 bits per heavy atom. The molecule has 115 valence electrons. The second-order valence-electron chi connectivity index (χ2n) is 4.70. The third kappa shape index (κ3) is 5.88. The quantitative estimate of drug-likeness (QED) is 0.680. The first-order chi connectivity index (χ1) is 10.4. The molecule has 1 atom stereocenters. The van der Waals surface area contributed by atoms with Gasteiger partial charge in [-0.1, -0.05) is 83.3 Å². The van der Waals surface area contributed by atoms with Crippen molar-refractivity contribution >= 4 is 40.6 Å². The van der Waals surface area contributed by atoms with Crippen LogP contribution in [0.1, 0.15) is 12.0 Å². The molecule has 2 aromatic carbocycles. The van der Waals surface area contributed by atoms with Crippen LogP contribution in [0.4, 0.5) is 0 Å². The molecule has 0 bridgehead atoms. The molecule has 0 aliphatic carbocycles. The fourth-order valence-corrected chi connectivity index (χ4v) is 2.30. The lowest BCUT2D eigenvalue weighted by molar-refractivity contribution is -0.122. The van der Waals surface area contributed by atoms with Gasteiger partial charge >= 0.3 is 0 Å². The number of hydrogen-bond acceptors (Lipinski definition) is 2. The molecule has 0 aliphatic heterocycles. The van der Waals surface area contributed by atoms with Crippen LogP contribution in [0.3, 0.4) is 0 Å². The zero-order valence-electron chi connectivity index (χ0n) is 11.6. The molecule has 0 fully saturated rings. The minimum atomic E-state index is -1.57. The van der Waals surface area contributed by atoms with E-state index in [1.54, 1.807) is 12.1 Å². The van der Waals surface area contributed by atoms with E-state index in [1.165, 1.54) is 6.42 Å². The average Bonchev–Trinajstić information content (AvgIpc) is 2.47. The van der Waals surface area contributed by atoms with Gasteiger partial charge in [0.1, 0.15) is 5.75 Å². The zero-order valence-corrected chi connectivity index (χ0v) is 13.9. The van der Waals surface area contributed by atoms with Crippen molar-refractivity contribution in [2.24, 2.45) is 0 Å². The molecule has 2 aromatic rings. The number of para-hydroxylation sites is 1. The Bertz CT molecular complexity index is 594. The summed E-state index contributed by atoms with van der Waals surface area (Å²) in [6.07, 6.45) is 0.591. The lowest BCUT2D eigenvalue weighted by atomic mass is 10.0. The van der Waals surface area contributed by atoms with E-state index in [2.05, 4.69) is 0 Å². The molecular formula is C17H14Cl3O2. The molecular weight excluding hydrogens is 343 g/mol. The Kier molecular flexibility index (Phi) is 6.13. The van der Waals surface area contributed by atoms with Crippen LogP contribution in [-0.4, -0.2) is 15.7 Å². The maximum Gasteiger partial charge on any atom is 0.194 e. The molecule has 22 heavy (non-hydrogen) atoms.